The van der Waals surface area contributed by atoms with Gasteiger partial charge >= 0.3 is 0 Å². The third kappa shape index (κ3) is 3.10. The number of rotatable bonds is 4. The van der Waals surface area contributed by atoms with E-state index in [4.69, 9.17) is 4.74 Å². The molecular formula is C15H17N3O. The summed E-state index contributed by atoms with van der Waals surface area (Å²) in [5.41, 5.74) is 1.92. The van der Waals surface area contributed by atoms with Crippen molar-refractivity contribution in [2.45, 2.75) is 13.8 Å². The maximum absolute atomic E-state index is 5.89. The minimum Gasteiger partial charge on any atom is -0.438 e. The van der Waals surface area contributed by atoms with Gasteiger partial charge in [0.25, 0.3) is 0 Å². The number of nitrogens with zero attached hydrogens (tertiary/aromatic N) is 2. The topological polar surface area (TPSA) is 47.0 Å². The average molecular weight is 255 g/mol. The van der Waals surface area contributed by atoms with Crippen LogP contribution in [0.1, 0.15) is 18.1 Å². The molecule has 19 heavy (non-hydrogen) atoms. The lowest BCUT2D eigenvalue weighted by molar-refractivity contribution is 0.457. The van der Waals surface area contributed by atoms with Gasteiger partial charge in [-0.05, 0) is 19.9 Å². The summed E-state index contributed by atoms with van der Waals surface area (Å²) >= 11 is 0. The summed E-state index contributed by atoms with van der Waals surface area (Å²) in [6.07, 6.45) is 5.73. The molecule has 0 fully saturated rings. The number of allylic oxidation sites excluding steroid dienone is 1. The lowest BCUT2D eigenvalue weighted by Gasteiger charge is -2.10. The normalized spacial score (nSPS) is 10.7. The van der Waals surface area contributed by atoms with Crippen LogP contribution in [0.5, 0.6) is 11.6 Å². The molecule has 4 heteroatoms. The maximum Gasteiger partial charge on any atom is 0.226 e. The molecule has 0 bridgehead atoms. The summed E-state index contributed by atoms with van der Waals surface area (Å²) in [5, 5.41) is 2.90. The Morgan fingerprint density at radius 1 is 1.26 bits per heavy atom. The Hall–Kier alpha value is -2.36. The Morgan fingerprint density at radius 2 is 2.05 bits per heavy atom. The van der Waals surface area contributed by atoms with E-state index in [1.807, 2.05) is 50.3 Å². The van der Waals surface area contributed by atoms with Crippen molar-refractivity contribution < 1.29 is 4.74 Å². The van der Waals surface area contributed by atoms with Crippen molar-refractivity contribution in [1.82, 2.24) is 9.97 Å². The van der Waals surface area contributed by atoms with Crippen LogP contribution in [0.4, 0.5) is 5.95 Å². The molecule has 0 aliphatic heterocycles. The van der Waals surface area contributed by atoms with E-state index < -0.39 is 0 Å². The number of aryl methyl sites for hydroxylation is 1. The van der Waals surface area contributed by atoms with Gasteiger partial charge in [0.05, 0.1) is 0 Å². The highest BCUT2D eigenvalue weighted by Crippen LogP contribution is 2.27. The molecule has 0 amide bonds. The molecule has 0 saturated heterocycles. The predicted molar refractivity (Wildman–Crippen MR) is 77.5 cm³/mol. The fraction of sp³-hybridized carbons (Fsp3) is 0.200. The molecular weight excluding hydrogens is 238 g/mol. The van der Waals surface area contributed by atoms with E-state index in [0.29, 0.717) is 11.8 Å². The van der Waals surface area contributed by atoms with Gasteiger partial charge in [0.2, 0.25) is 11.8 Å². The van der Waals surface area contributed by atoms with Gasteiger partial charge in [-0.2, -0.15) is 4.98 Å². The Morgan fingerprint density at radius 3 is 2.79 bits per heavy atom. The molecule has 0 aliphatic carbocycles. The minimum atomic E-state index is 0.545. The molecule has 0 saturated carbocycles. The monoisotopic (exact) mass is 255 g/mol. The molecule has 0 unspecified atom stereocenters. The van der Waals surface area contributed by atoms with Crippen molar-refractivity contribution in [3.8, 4) is 11.6 Å². The van der Waals surface area contributed by atoms with Gasteiger partial charge in [-0.3, -0.25) is 0 Å². The van der Waals surface area contributed by atoms with Gasteiger partial charge in [-0.1, -0.05) is 30.4 Å². The van der Waals surface area contributed by atoms with Crippen molar-refractivity contribution in [3.05, 3.63) is 47.7 Å². The van der Waals surface area contributed by atoms with Crippen molar-refractivity contribution in [1.29, 1.82) is 0 Å². The number of ether oxygens (including phenoxy) is 1. The summed E-state index contributed by atoms with van der Waals surface area (Å²) in [6.45, 7) is 3.90. The number of anilines is 1. The SMILES string of the molecule is C/C=C/c1ccccc1Oc1nc(NC)ncc1C. The van der Waals surface area contributed by atoms with Gasteiger partial charge in [-0.25, -0.2) is 4.98 Å². The quantitative estimate of drug-likeness (QED) is 0.905. The van der Waals surface area contributed by atoms with E-state index in [9.17, 15) is 0 Å². The molecule has 4 nitrogen and oxygen atoms in total. The second-order valence-corrected chi connectivity index (χ2v) is 4.07. The number of para-hydroxylation sites is 1. The molecule has 0 atom stereocenters. The summed E-state index contributed by atoms with van der Waals surface area (Å²) in [7, 11) is 1.78. The Balaban J connectivity index is 2.35. The summed E-state index contributed by atoms with van der Waals surface area (Å²) < 4.78 is 5.89. The first kappa shape index (κ1) is 13.1. The van der Waals surface area contributed by atoms with Gasteiger partial charge < -0.3 is 10.1 Å². The molecule has 1 aromatic heterocycles. The molecule has 1 aromatic carbocycles. The first-order valence-corrected chi connectivity index (χ1v) is 6.15. The van der Waals surface area contributed by atoms with E-state index in [0.717, 1.165) is 16.9 Å². The van der Waals surface area contributed by atoms with Crippen LogP contribution in [0.25, 0.3) is 6.08 Å². The van der Waals surface area contributed by atoms with E-state index in [1.54, 1.807) is 13.2 Å². The van der Waals surface area contributed by atoms with Gasteiger partial charge in [0, 0.05) is 24.4 Å². The van der Waals surface area contributed by atoms with Gasteiger partial charge in [0.15, 0.2) is 0 Å². The number of hydrogen-bond donors (Lipinski definition) is 1. The van der Waals surface area contributed by atoms with Crippen LogP contribution in [0.2, 0.25) is 0 Å². The zero-order valence-corrected chi connectivity index (χ0v) is 11.3. The molecule has 0 spiro atoms. The van der Waals surface area contributed by atoms with Crippen molar-refractivity contribution >= 4 is 12.0 Å². The van der Waals surface area contributed by atoms with Crippen LogP contribution >= 0.6 is 0 Å². The molecule has 98 valence electrons. The summed E-state index contributed by atoms with van der Waals surface area (Å²) in [4.78, 5) is 8.46. The third-order valence-corrected chi connectivity index (χ3v) is 2.62. The zero-order valence-electron chi connectivity index (χ0n) is 11.3. The van der Waals surface area contributed by atoms with Crippen LogP contribution < -0.4 is 10.1 Å². The van der Waals surface area contributed by atoms with Crippen LogP contribution in [-0.2, 0) is 0 Å². The highest BCUT2D eigenvalue weighted by atomic mass is 16.5. The zero-order chi connectivity index (χ0) is 13.7. The van der Waals surface area contributed by atoms with Crippen LogP contribution in [0, 0.1) is 6.92 Å². The van der Waals surface area contributed by atoms with Crippen molar-refractivity contribution in [3.63, 3.8) is 0 Å². The van der Waals surface area contributed by atoms with Crippen LogP contribution in [0.15, 0.2) is 36.5 Å². The number of hydrogen-bond acceptors (Lipinski definition) is 4. The molecule has 2 aromatic rings. The van der Waals surface area contributed by atoms with Crippen LogP contribution in [0.3, 0.4) is 0 Å². The largest absolute Gasteiger partial charge is 0.438 e. The van der Waals surface area contributed by atoms with Crippen LogP contribution in [-0.4, -0.2) is 17.0 Å². The summed E-state index contributed by atoms with van der Waals surface area (Å²) in [5.74, 6) is 1.89. The maximum atomic E-state index is 5.89. The van der Waals surface area contributed by atoms with Crippen molar-refractivity contribution in [2.24, 2.45) is 0 Å². The van der Waals surface area contributed by atoms with E-state index in [2.05, 4.69) is 15.3 Å². The third-order valence-electron chi connectivity index (χ3n) is 2.62. The van der Waals surface area contributed by atoms with E-state index in [-0.39, 0.29) is 0 Å². The molecule has 2 rings (SSSR count). The predicted octanol–water partition coefficient (Wildman–Crippen LogP) is 3.65. The van der Waals surface area contributed by atoms with Gasteiger partial charge in [-0.15, -0.1) is 0 Å². The Labute approximate surface area is 113 Å². The highest BCUT2D eigenvalue weighted by molar-refractivity contribution is 5.57. The van der Waals surface area contributed by atoms with E-state index >= 15 is 0 Å². The summed E-state index contributed by atoms with van der Waals surface area (Å²) in [6, 6.07) is 7.85. The first-order chi connectivity index (χ1) is 9.24. The van der Waals surface area contributed by atoms with Crippen molar-refractivity contribution in [2.75, 3.05) is 12.4 Å². The molecule has 1 heterocycles. The lowest BCUT2D eigenvalue weighted by Crippen LogP contribution is -2.00. The molecule has 0 radical (unpaired) electrons. The fourth-order valence-electron chi connectivity index (χ4n) is 1.65. The molecule has 1 N–H and O–H groups in total. The number of benzene rings is 1. The first-order valence-electron chi connectivity index (χ1n) is 6.15. The van der Waals surface area contributed by atoms with Gasteiger partial charge in [0.1, 0.15) is 5.75 Å². The second-order valence-electron chi connectivity index (χ2n) is 4.07. The Kier molecular flexibility index (Phi) is 4.13. The lowest BCUT2D eigenvalue weighted by atomic mass is 10.2. The highest BCUT2D eigenvalue weighted by Gasteiger charge is 2.07. The standard InChI is InChI=1S/C15H17N3O/c1-4-7-12-8-5-6-9-13(12)19-14-11(2)10-17-15(16-3)18-14/h4-10H,1-3H3,(H,16,17,18)/b7-4+. The molecule has 0 aliphatic rings. The fourth-order valence-corrected chi connectivity index (χ4v) is 1.65. The van der Waals surface area contributed by atoms with E-state index in [1.165, 1.54) is 0 Å². The minimum absolute atomic E-state index is 0.545. The Bertz CT molecular complexity index is 594. The number of aromatic nitrogens is 2. The average Bonchev–Trinajstić information content (AvgIpc) is 2.43. The second kappa shape index (κ2) is 6.00. The smallest absolute Gasteiger partial charge is 0.226 e. The number of nitrogens with one attached hydrogen (secondary N) is 1.